The highest BCUT2D eigenvalue weighted by Gasteiger charge is 2.26. The molecule has 1 amide bonds. The van der Waals surface area contributed by atoms with Gasteiger partial charge in [-0.3, -0.25) is 19.5 Å². The van der Waals surface area contributed by atoms with Crippen molar-refractivity contribution in [2.24, 2.45) is 5.92 Å². The average molecular weight is 436 g/mol. The zero-order chi connectivity index (χ0) is 23.0. The molecule has 164 valence electrons. The van der Waals surface area contributed by atoms with Crippen molar-refractivity contribution < 1.29 is 14.1 Å². The van der Waals surface area contributed by atoms with Crippen LogP contribution in [0, 0.1) is 21.8 Å². The minimum atomic E-state index is -0.975. The van der Waals surface area contributed by atoms with E-state index in [-0.39, 0.29) is 28.2 Å². The van der Waals surface area contributed by atoms with Crippen molar-refractivity contribution in [3.05, 3.63) is 64.0 Å². The van der Waals surface area contributed by atoms with Gasteiger partial charge in [-0.05, 0) is 36.6 Å². The number of carbonyl (C=O) groups is 1. The van der Waals surface area contributed by atoms with Gasteiger partial charge in [0.1, 0.15) is 16.9 Å². The van der Waals surface area contributed by atoms with Crippen molar-refractivity contribution >= 4 is 39.6 Å². The fraction of sp³-hybridized carbons (Fsp3) is 0.227. The lowest BCUT2D eigenvalue weighted by Crippen LogP contribution is -2.26. The van der Waals surface area contributed by atoms with E-state index in [0.717, 1.165) is 18.6 Å². The molecule has 4 rings (SSSR count). The minimum absolute atomic E-state index is 0.0123. The molecule has 9 nitrogen and oxygen atoms in total. The third-order valence-corrected chi connectivity index (χ3v) is 5.12. The van der Waals surface area contributed by atoms with Gasteiger partial charge in [-0.15, -0.1) is 0 Å². The molecule has 0 aliphatic carbocycles. The lowest BCUT2D eigenvalue weighted by molar-refractivity contribution is -0.387. The number of nitrogen functional groups attached to an aromatic ring is 1. The monoisotopic (exact) mass is 436 g/mol. The first-order valence-electron chi connectivity index (χ1n) is 10.1. The molecule has 0 atom stereocenters. The highest BCUT2D eigenvalue weighted by molar-refractivity contribution is 6.11. The number of rotatable bonds is 6. The normalized spacial score (nSPS) is 11.4. The summed E-state index contributed by atoms with van der Waals surface area (Å²) in [5.41, 5.74) is 7.61. The number of hydrogen-bond acceptors (Lipinski definition) is 6. The van der Waals surface area contributed by atoms with Gasteiger partial charge in [0, 0.05) is 12.6 Å². The second-order valence-corrected chi connectivity index (χ2v) is 7.81. The van der Waals surface area contributed by atoms with Crippen LogP contribution in [0.4, 0.5) is 15.9 Å². The van der Waals surface area contributed by atoms with Crippen molar-refractivity contribution in [3.8, 4) is 5.69 Å². The van der Waals surface area contributed by atoms with Crippen LogP contribution in [0.1, 0.15) is 30.6 Å². The summed E-state index contributed by atoms with van der Waals surface area (Å²) < 4.78 is 15.3. The third-order valence-electron chi connectivity index (χ3n) is 5.12. The molecule has 2 aromatic heterocycles. The Morgan fingerprint density at radius 3 is 2.56 bits per heavy atom. The van der Waals surface area contributed by atoms with Crippen LogP contribution in [0.3, 0.4) is 0 Å². The van der Waals surface area contributed by atoms with Crippen LogP contribution < -0.4 is 11.1 Å². The molecule has 0 bridgehead atoms. The van der Waals surface area contributed by atoms with Crippen LogP contribution in [-0.4, -0.2) is 31.9 Å². The molecule has 2 aromatic carbocycles. The SMILES string of the molecule is CC(C)CCNC(=O)c1c(N)n(-c2ccc(F)c([N+](=O)[O-])c2)c2nc3ccccc3nc12. The largest absolute Gasteiger partial charge is 0.384 e. The summed E-state index contributed by atoms with van der Waals surface area (Å²) >= 11 is 0. The van der Waals surface area contributed by atoms with Gasteiger partial charge in [-0.2, -0.15) is 4.39 Å². The van der Waals surface area contributed by atoms with Gasteiger partial charge in [0.15, 0.2) is 5.65 Å². The van der Waals surface area contributed by atoms with Gasteiger partial charge in [0.25, 0.3) is 5.91 Å². The number of aromatic nitrogens is 3. The Kier molecular flexibility index (Phi) is 5.43. The van der Waals surface area contributed by atoms with E-state index in [2.05, 4.69) is 15.3 Å². The molecule has 2 heterocycles. The van der Waals surface area contributed by atoms with E-state index in [1.54, 1.807) is 24.3 Å². The van der Waals surface area contributed by atoms with Crippen molar-refractivity contribution in [2.75, 3.05) is 12.3 Å². The fourth-order valence-corrected chi connectivity index (χ4v) is 3.49. The number of para-hydroxylation sites is 2. The number of halogens is 1. The number of fused-ring (bicyclic) bond motifs is 2. The van der Waals surface area contributed by atoms with Crippen LogP contribution in [0.2, 0.25) is 0 Å². The first kappa shape index (κ1) is 21.2. The quantitative estimate of drug-likeness (QED) is 0.347. The first-order chi connectivity index (χ1) is 15.3. The van der Waals surface area contributed by atoms with E-state index in [1.165, 1.54) is 10.6 Å². The van der Waals surface area contributed by atoms with Gasteiger partial charge in [-0.1, -0.05) is 26.0 Å². The summed E-state index contributed by atoms with van der Waals surface area (Å²) in [5.74, 6) is -0.985. The van der Waals surface area contributed by atoms with E-state index >= 15 is 0 Å². The number of carbonyl (C=O) groups excluding carboxylic acids is 1. The zero-order valence-electron chi connectivity index (χ0n) is 17.5. The maximum atomic E-state index is 13.9. The van der Waals surface area contributed by atoms with Gasteiger partial charge in [0.05, 0.1) is 21.6 Å². The molecule has 0 saturated heterocycles. The van der Waals surface area contributed by atoms with Crippen molar-refractivity contribution in [3.63, 3.8) is 0 Å². The molecular weight excluding hydrogens is 415 g/mol. The lowest BCUT2D eigenvalue weighted by Gasteiger charge is -2.09. The molecule has 0 aliphatic heterocycles. The summed E-state index contributed by atoms with van der Waals surface area (Å²) in [6.45, 7) is 4.54. The Labute approximate surface area is 182 Å². The van der Waals surface area contributed by atoms with E-state index in [0.29, 0.717) is 23.5 Å². The number of nitrogens with one attached hydrogen (secondary N) is 1. The smallest absolute Gasteiger partial charge is 0.306 e. The standard InChI is InChI=1S/C22H21FN6O3/c1-12(2)9-10-25-22(30)18-19-21(27-16-6-4-3-5-15(16)26-19)28(20(18)24)13-7-8-14(23)17(11-13)29(31)32/h3-8,11-12H,9-10,24H2,1-2H3,(H,25,30). The van der Waals surface area contributed by atoms with Crippen LogP contribution in [0.15, 0.2) is 42.5 Å². The van der Waals surface area contributed by atoms with E-state index in [1.807, 2.05) is 13.8 Å². The molecule has 0 aliphatic rings. The number of nitrogens with two attached hydrogens (primary N) is 1. The Balaban J connectivity index is 1.96. The molecule has 0 saturated carbocycles. The first-order valence-corrected chi connectivity index (χ1v) is 10.1. The fourth-order valence-electron chi connectivity index (χ4n) is 3.49. The van der Waals surface area contributed by atoms with Gasteiger partial charge < -0.3 is 11.1 Å². The van der Waals surface area contributed by atoms with E-state index in [4.69, 9.17) is 5.73 Å². The predicted octanol–water partition coefficient (Wildman–Crippen LogP) is 3.98. The number of nitrogens with zero attached hydrogens (tertiary/aromatic N) is 4. The number of nitro groups is 1. The van der Waals surface area contributed by atoms with Crippen LogP contribution in [0.25, 0.3) is 27.9 Å². The Morgan fingerprint density at radius 1 is 1.22 bits per heavy atom. The summed E-state index contributed by atoms with van der Waals surface area (Å²) in [5, 5.41) is 14.1. The minimum Gasteiger partial charge on any atom is -0.384 e. The maximum absolute atomic E-state index is 13.9. The third kappa shape index (κ3) is 3.70. The molecule has 3 N–H and O–H groups in total. The number of benzene rings is 2. The zero-order valence-corrected chi connectivity index (χ0v) is 17.5. The van der Waals surface area contributed by atoms with Gasteiger partial charge >= 0.3 is 5.69 Å². The molecular formula is C22H21FN6O3. The van der Waals surface area contributed by atoms with Crippen LogP contribution in [0.5, 0.6) is 0 Å². The van der Waals surface area contributed by atoms with E-state index in [9.17, 15) is 19.3 Å². The second-order valence-electron chi connectivity index (χ2n) is 7.81. The van der Waals surface area contributed by atoms with Crippen molar-refractivity contribution in [2.45, 2.75) is 20.3 Å². The van der Waals surface area contributed by atoms with Gasteiger partial charge in [0.2, 0.25) is 5.82 Å². The number of anilines is 1. The maximum Gasteiger partial charge on any atom is 0.306 e. The summed E-state index contributed by atoms with van der Waals surface area (Å²) in [7, 11) is 0. The molecule has 0 fully saturated rings. The van der Waals surface area contributed by atoms with Gasteiger partial charge in [-0.25, -0.2) is 9.97 Å². The lowest BCUT2D eigenvalue weighted by atomic mass is 10.1. The summed E-state index contributed by atoms with van der Waals surface area (Å²) in [4.78, 5) is 32.7. The van der Waals surface area contributed by atoms with Crippen LogP contribution >= 0.6 is 0 Å². The summed E-state index contributed by atoms with van der Waals surface area (Å²) in [6, 6.07) is 10.5. The number of nitro benzene ring substituents is 1. The number of amides is 1. The molecule has 0 radical (unpaired) electrons. The highest BCUT2D eigenvalue weighted by atomic mass is 19.1. The Bertz CT molecular complexity index is 1370. The Morgan fingerprint density at radius 2 is 1.91 bits per heavy atom. The molecule has 32 heavy (non-hydrogen) atoms. The molecule has 0 spiro atoms. The molecule has 10 heteroatoms. The summed E-state index contributed by atoms with van der Waals surface area (Å²) in [6.07, 6.45) is 0.781. The molecule has 0 unspecified atom stereocenters. The Hall–Kier alpha value is -4.08. The second kappa shape index (κ2) is 8.22. The molecule has 4 aromatic rings. The average Bonchev–Trinajstić information content (AvgIpc) is 3.02. The van der Waals surface area contributed by atoms with Crippen LogP contribution in [-0.2, 0) is 0 Å². The highest BCUT2D eigenvalue weighted by Crippen LogP contribution is 2.32. The van der Waals surface area contributed by atoms with E-state index < -0.39 is 22.3 Å². The van der Waals surface area contributed by atoms with Crippen molar-refractivity contribution in [1.82, 2.24) is 19.9 Å². The van der Waals surface area contributed by atoms with Crippen molar-refractivity contribution in [1.29, 1.82) is 0 Å². The predicted molar refractivity (Wildman–Crippen MR) is 119 cm³/mol. The topological polar surface area (TPSA) is 129 Å². The number of hydrogen-bond donors (Lipinski definition) is 2.